The monoisotopic (exact) mass is 373 g/mol. The molecule has 2 aromatic heterocycles. The minimum atomic E-state index is -0.345. The molecule has 0 bridgehead atoms. The van der Waals surface area contributed by atoms with Crippen LogP contribution in [0.15, 0.2) is 25.8 Å². The molecule has 0 aliphatic carbocycles. The van der Waals surface area contributed by atoms with E-state index in [1.807, 2.05) is 26.8 Å². The van der Waals surface area contributed by atoms with Crippen molar-refractivity contribution in [2.75, 3.05) is 13.2 Å². The number of hydrogen-bond acceptors (Lipinski definition) is 5. The van der Waals surface area contributed by atoms with Crippen LogP contribution in [-0.4, -0.2) is 13.2 Å². The maximum atomic E-state index is 11.6. The second kappa shape index (κ2) is 8.03. The number of rotatable bonds is 4. The van der Waals surface area contributed by atoms with Gasteiger partial charge in [-0.1, -0.05) is 0 Å². The molecule has 0 fully saturated rings. The van der Waals surface area contributed by atoms with Gasteiger partial charge in [-0.15, -0.1) is 24.8 Å². The molecule has 1 aromatic carbocycles. The summed E-state index contributed by atoms with van der Waals surface area (Å²) in [6, 6.07) is 3.51. The van der Waals surface area contributed by atoms with E-state index in [1.54, 1.807) is 0 Å². The lowest BCUT2D eigenvalue weighted by atomic mass is 10.0. The molecule has 132 valence electrons. The molecule has 0 saturated heterocycles. The molecule has 0 unspecified atom stereocenters. The van der Waals surface area contributed by atoms with E-state index in [9.17, 15) is 4.79 Å². The molecule has 0 amide bonds. The zero-order chi connectivity index (χ0) is 15.9. The van der Waals surface area contributed by atoms with E-state index in [0.29, 0.717) is 25.3 Å². The average Bonchev–Trinajstić information content (AvgIpc) is 2.78. The summed E-state index contributed by atoms with van der Waals surface area (Å²) in [7, 11) is 0. The van der Waals surface area contributed by atoms with Crippen molar-refractivity contribution in [3.8, 4) is 0 Å². The van der Waals surface area contributed by atoms with Crippen molar-refractivity contribution < 1.29 is 13.6 Å². The Kier molecular flexibility index (Phi) is 6.86. The van der Waals surface area contributed by atoms with Gasteiger partial charge in [0.05, 0.1) is 13.2 Å². The number of hydrogen-bond donors (Lipinski definition) is 1. The van der Waals surface area contributed by atoms with Crippen LogP contribution < -0.4 is 11.4 Å². The van der Waals surface area contributed by atoms with Crippen LogP contribution in [0.5, 0.6) is 0 Å². The van der Waals surface area contributed by atoms with Gasteiger partial charge in [0.2, 0.25) is 0 Å². The fourth-order valence-corrected chi connectivity index (χ4v) is 2.79. The van der Waals surface area contributed by atoms with Gasteiger partial charge in [0.25, 0.3) is 0 Å². The summed E-state index contributed by atoms with van der Waals surface area (Å²) in [5.74, 6) is 0.811. The molecule has 0 spiro atoms. The third kappa shape index (κ3) is 3.44. The molecule has 0 aliphatic rings. The van der Waals surface area contributed by atoms with Gasteiger partial charge < -0.3 is 19.3 Å². The molecule has 0 radical (unpaired) electrons. The fraction of sp³-hybridized carbons (Fsp3) is 0.353. The molecule has 24 heavy (non-hydrogen) atoms. The predicted molar refractivity (Wildman–Crippen MR) is 99.7 cm³/mol. The third-order valence-corrected chi connectivity index (χ3v) is 3.93. The Hall–Kier alpha value is -1.53. The number of benzene rings is 1. The largest absolute Gasteiger partial charge is 0.461 e. The van der Waals surface area contributed by atoms with Gasteiger partial charge in [-0.25, -0.2) is 4.79 Å². The molecular weight excluding hydrogens is 353 g/mol. The van der Waals surface area contributed by atoms with E-state index >= 15 is 0 Å². The number of fused-ring (bicyclic) bond motifs is 2. The Morgan fingerprint density at radius 2 is 1.71 bits per heavy atom. The van der Waals surface area contributed by atoms with Gasteiger partial charge in [-0.05, 0) is 32.4 Å². The number of nitrogens with two attached hydrogens (primary N) is 1. The van der Waals surface area contributed by atoms with Crippen LogP contribution in [0.2, 0.25) is 0 Å². The van der Waals surface area contributed by atoms with Crippen molar-refractivity contribution in [3.05, 3.63) is 45.0 Å². The highest BCUT2D eigenvalue weighted by atomic mass is 35.5. The van der Waals surface area contributed by atoms with Gasteiger partial charge in [0.1, 0.15) is 16.9 Å². The summed E-state index contributed by atoms with van der Waals surface area (Å²) in [5.41, 5.74) is 9.18. The molecular formula is C17H21Cl2NO4. The maximum Gasteiger partial charge on any atom is 0.336 e. The maximum absolute atomic E-state index is 11.6. The van der Waals surface area contributed by atoms with E-state index in [1.165, 1.54) is 6.07 Å². The molecule has 7 heteroatoms. The molecule has 2 heterocycles. The second-order valence-corrected chi connectivity index (χ2v) is 5.48. The Labute approximate surface area is 152 Å². The summed E-state index contributed by atoms with van der Waals surface area (Å²) >= 11 is 0. The normalized spacial score (nSPS) is 10.7. The van der Waals surface area contributed by atoms with Crippen molar-refractivity contribution in [1.29, 1.82) is 0 Å². The van der Waals surface area contributed by atoms with Crippen molar-refractivity contribution >= 4 is 46.8 Å². The van der Waals surface area contributed by atoms with Gasteiger partial charge in [-0.2, -0.15) is 0 Å². The SMILES string of the molecule is Cc1oc2c(C)c3oc(=O)cc(C)c3cc2c1COCCN.Cl.Cl. The lowest BCUT2D eigenvalue weighted by Crippen LogP contribution is -2.08. The molecule has 0 saturated carbocycles. The zero-order valence-corrected chi connectivity index (χ0v) is 15.4. The number of aryl methyl sites for hydroxylation is 3. The molecule has 5 nitrogen and oxygen atoms in total. The first-order valence-corrected chi connectivity index (χ1v) is 7.26. The van der Waals surface area contributed by atoms with Crippen LogP contribution >= 0.6 is 24.8 Å². The predicted octanol–water partition coefficient (Wildman–Crippen LogP) is 3.78. The Morgan fingerprint density at radius 1 is 1.04 bits per heavy atom. The van der Waals surface area contributed by atoms with Crippen LogP contribution in [0.25, 0.3) is 21.9 Å². The van der Waals surface area contributed by atoms with Crippen LogP contribution in [-0.2, 0) is 11.3 Å². The molecule has 0 atom stereocenters. The van der Waals surface area contributed by atoms with Crippen molar-refractivity contribution in [3.63, 3.8) is 0 Å². The van der Waals surface area contributed by atoms with Crippen LogP contribution in [0.1, 0.15) is 22.5 Å². The summed E-state index contributed by atoms with van der Waals surface area (Å²) in [5, 5.41) is 1.92. The van der Waals surface area contributed by atoms with E-state index in [4.69, 9.17) is 19.3 Å². The average molecular weight is 374 g/mol. The number of furan rings is 1. The second-order valence-electron chi connectivity index (χ2n) is 5.48. The minimum absolute atomic E-state index is 0. The quantitative estimate of drug-likeness (QED) is 0.555. The smallest absolute Gasteiger partial charge is 0.336 e. The van der Waals surface area contributed by atoms with E-state index in [2.05, 4.69) is 0 Å². The van der Waals surface area contributed by atoms with Gasteiger partial charge in [0, 0.05) is 34.5 Å². The third-order valence-electron chi connectivity index (χ3n) is 3.93. The molecule has 0 aliphatic heterocycles. The lowest BCUT2D eigenvalue weighted by Gasteiger charge is -2.06. The lowest BCUT2D eigenvalue weighted by molar-refractivity contribution is 0.128. The molecule has 2 N–H and O–H groups in total. The van der Waals surface area contributed by atoms with Gasteiger partial charge in [0.15, 0.2) is 0 Å². The van der Waals surface area contributed by atoms with E-state index in [-0.39, 0.29) is 30.4 Å². The fourth-order valence-electron chi connectivity index (χ4n) is 2.79. The Balaban J connectivity index is 0.00000144. The first-order chi connectivity index (χ1) is 10.5. The summed E-state index contributed by atoms with van der Waals surface area (Å²) in [6.07, 6.45) is 0. The standard InChI is InChI=1S/C17H19NO4.2ClH/c1-9-6-15(19)22-16-10(2)17-13(7-12(9)16)14(11(3)21-17)8-20-5-4-18;;/h6-7H,4-5,8,18H2,1-3H3;2*1H. The number of halogens is 2. The number of ether oxygens (including phenoxy) is 1. The van der Waals surface area contributed by atoms with Crippen molar-refractivity contribution in [2.24, 2.45) is 5.73 Å². The van der Waals surface area contributed by atoms with E-state index < -0.39 is 0 Å². The van der Waals surface area contributed by atoms with Crippen LogP contribution in [0, 0.1) is 20.8 Å². The summed E-state index contributed by atoms with van der Waals surface area (Å²) < 4.78 is 16.8. The van der Waals surface area contributed by atoms with Crippen molar-refractivity contribution in [2.45, 2.75) is 27.4 Å². The summed E-state index contributed by atoms with van der Waals surface area (Å²) in [6.45, 7) is 7.17. The Bertz CT molecular complexity index is 914. The van der Waals surface area contributed by atoms with Crippen LogP contribution in [0.3, 0.4) is 0 Å². The first kappa shape index (κ1) is 20.5. The highest BCUT2D eigenvalue weighted by Gasteiger charge is 2.17. The molecule has 3 aromatic rings. The van der Waals surface area contributed by atoms with Gasteiger partial charge in [-0.3, -0.25) is 0 Å². The Morgan fingerprint density at radius 3 is 2.38 bits per heavy atom. The van der Waals surface area contributed by atoms with Gasteiger partial charge >= 0.3 is 5.63 Å². The topological polar surface area (TPSA) is 78.6 Å². The highest BCUT2D eigenvalue weighted by molar-refractivity contribution is 5.99. The summed E-state index contributed by atoms with van der Waals surface area (Å²) in [4.78, 5) is 11.6. The van der Waals surface area contributed by atoms with Crippen molar-refractivity contribution in [1.82, 2.24) is 0 Å². The molecule has 3 rings (SSSR count). The van der Waals surface area contributed by atoms with Crippen LogP contribution in [0.4, 0.5) is 0 Å². The van der Waals surface area contributed by atoms with E-state index in [0.717, 1.165) is 38.8 Å². The highest BCUT2D eigenvalue weighted by Crippen LogP contribution is 2.34. The zero-order valence-electron chi connectivity index (χ0n) is 13.8. The minimum Gasteiger partial charge on any atom is -0.461 e. The first-order valence-electron chi connectivity index (χ1n) is 7.26.